The highest BCUT2D eigenvalue weighted by atomic mass is 19.4. The van der Waals surface area contributed by atoms with Crippen molar-refractivity contribution in [1.29, 1.82) is 0 Å². The molecule has 0 atom stereocenters. The third-order valence-corrected chi connectivity index (χ3v) is 1.48. The Hall–Kier alpha value is -0.950. The first-order valence-electron chi connectivity index (χ1n) is 2.91. The van der Waals surface area contributed by atoms with Gasteiger partial charge in [-0.05, 0) is 6.92 Å². The Balaban J connectivity index is 5.07. The van der Waals surface area contributed by atoms with Crippen molar-refractivity contribution in [3.8, 4) is 0 Å². The normalized spacial score (nSPS) is 14.1. The van der Waals surface area contributed by atoms with E-state index in [1.54, 1.807) is 0 Å². The fourth-order valence-corrected chi connectivity index (χ4v) is 0.442. The summed E-state index contributed by atoms with van der Waals surface area (Å²) in [5.41, 5.74) is -4.19. The standard InChI is InChI=1S/C5H5F6NO/c1-3(12-2-13,4(6,7)8)5(9,10)11/h2H,1H3,(H,12,13). The van der Waals surface area contributed by atoms with Crippen molar-refractivity contribution in [1.82, 2.24) is 5.32 Å². The first-order chi connectivity index (χ1) is 5.56. The van der Waals surface area contributed by atoms with Crippen molar-refractivity contribution < 1.29 is 31.1 Å². The summed E-state index contributed by atoms with van der Waals surface area (Å²) in [5, 5.41) is 0.708. The molecule has 13 heavy (non-hydrogen) atoms. The molecule has 0 saturated carbocycles. The SMILES string of the molecule is CC(NC=O)(C(F)(F)F)C(F)(F)F. The second-order valence-corrected chi connectivity index (χ2v) is 2.38. The average molecular weight is 209 g/mol. The summed E-state index contributed by atoms with van der Waals surface area (Å²) in [4.78, 5) is 9.60. The van der Waals surface area contributed by atoms with Crippen LogP contribution in [0.5, 0.6) is 0 Å². The van der Waals surface area contributed by atoms with E-state index in [-0.39, 0.29) is 6.92 Å². The predicted molar refractivity (Wildman–Crippen MR) is 29.7 cm³/mol. The molecule has 0 aromatic heterocycles. The minimum Gasteiger partial charge on any atom is -0.337 e. The van der Waals surface area contributed by atoms with Gasteiger partial charge in [0.25, 0.3) is 0 Å². The van der Waals surface area contributed by atoms with E-state index in [1.165, 1.54) is 0 Å². The number of alkyl halides is 6. The van der Waals surface area contributed by atoms with E-state index in [1.807, 2.05) is 0 Å². The summed E-state index contributed by atoms with van der Waals surface area (Å²) < 4.78 is 71.1. The van der Waals surface area contributed by atoms with Crippen molar-refractivity contribution in [2.75, 3.05) is 0 Å². The highest BCUT2D eigenvalue weighted by Gasteiger charge is 2.67. The number of carbonyl (C=O) groups is 1. The van der Waals surface area contributed by atoms with Crippen LogP contribution in [0, 0.1) is 0 Å². The Kier molecular flexibility index (Phi) is 2.85. The second kappa shape index (κ2) is 3.08. The lowest BCUT2D eigenvalue weighted by Crippen LogP contribution is -2.63. The van der Waals surface area contributed by atoms with Crippen LogP contribution < -0.4 is 5.32 Å². The third kappa shape index (κ3) is 2.04. The molecule has 1 amide bonds. The Labute approximate surface area is 68.9 Å². The number of rotatable bonds is 2. The van der Waals surface area contributed by atoms with Crippen LogP contribution in [-0.2, 0) is 4.79 Å². The van der Waals surface area contributed by atoms with Gasteiger partial charge in [-0.3, -0.25) is 4.79 Å². The number of halogens is 6. The lowest BCUT2D eigenvalue weighted by molar-refractivity contribution is -0.298. The fourth-order valence-electron chi connectivity index (χ4n) is 0.442. The average Bonchev–Trinajstić information content (AvgIpc) is 1.82. The third-order valence-electron chi connectivity index (χ3n) is 1.48. The molecule has 2 nitrogen and oxygen atoms in total. The highest BCUT2D eigenvalue weighted by Crippen LogP contribution is 2.42. The summed E-state index contributed by atoms with van der Waals surface area (Å²) in [6.45, 7) is -0.151. The van der Waals surface area contributed by atoms with Gasteiger partial charge in [0.15, 0.2) is 0 Å². The molecule has 0 aromatic carbocycles. The first-order valence-corrected chi connectivity index (χ1v) is 2.91. The molecular formula is C5H5F6NO. The molecule has 8 heteroatoms. The van der Waals surface area contributed by atoms with Crippen LogP contribution in [-0.4, -0.2) is 24.3 Å². The van der Waals surface area contributed by atoms with Crippen LogP contribution in [0.3, 0.4) is 0 Å². The number of hydrogen-bond acceptors (Lipinski definition) is 1. The zero-order valence-corrected chi connectivity index (χ0v) is 6.25. The van der Waals surface area contributed by atoms with E-state index in [4.69, 9.17) is 0 Å². The Morgan fingerprint density at radius 1 is 1.00 bits per heavy atom. The van der Waals surface area contributed by atoms with Gasteiger partial charge in [0.2, 0.25) is 11.9 Å². The van der Waals surface area contributed by atoms with Gasteiger partial charge in [-0.25, -0.2) is 0 Å². The molecule has 0 saturated heterocycles. The van der Waals surface area contributed by atoms with Crippen molar-refractivity contribution >= 4 is 6.41 Å². The molecule has 0 spiro atoms. The molecule has 78 valence electrons. The quantitative estimate of drug-likeness (QED) is 0.543. The van der Waals surface area contributed by atoms with E-state index in [0.29, 0.717) is 5.32 Å². The van der Waals surface area contributed by atoms with Gasteiger partial charge in [-0.1, -0.05) is 0 Å². The largest absolute Gasteiger partial charge is 0.420 e. The van der Waals surface area contributed by atoms with E-state index in [2.05, 4.69) is 0 Å². The molecule has 0 unspecified atom stereocenters. The Morgan fingerprint density at radius 2 is 1.31 bits per heavy atom. The van der Waals surface area contributed by atoms with E-state index in [0.717, 1.165) is 0 Å². The van der Waals surface area contributed by atoms with Crippen LogP contribution in [0.4, 0.5) is 26.3 Å². The van der Waals surface area contributed by atoms with Crippen LogP contribution in [0.15, 0.2) is 0 Å². The van der Waals surface area contributed by atoms with E-state index >= 15 is 0 Å². The summed E-state index contributed by atoms with van der Waals surface area (Å²) in [6.07, 6.45) is -11.8. The maximum Gasteiger partial charge on any atom is 0.420 e. The van der Waals surface area contributed by atoms with Gasteiger partial charge in [-0.2, -0.15) is 26.3 Å². The van der Waals surface area contributed by atoms with Gasteiger partial charge < -0.3 is 5.32 Å². The minimum atomic E-state index is -5.58. The van der Waals surface area contributed by atoms with Crippen molar-refractivity contribution in [2.45, 2.75) is 24.8 Å². The number of carbonyl (C=O) groups excluding carboxylic acids is 1. The molecule has 0 aliphatic rings. The maximum absolute atomic E-state index is 11.8. The highest BCUT2D eigenvalue weighted by molar-refractivity contribution is 5.48. The molecule has 0 bridgehead atoms. The van der Waals surface area contributed by atoms with E-state index in [9.17, 15) is 31.1 Å². The van der Waals surface area contributed by atoms with Crippen molar-refractivity contribution in [3.05, 3.63) is 0 Å². The van der Waals surface area contributed by atoms with Crippen LogP contribution in [0.1, 0.15) is 6.92 Å². The molecule has 1 N–H and O–H groups in total. The van der Waals surface area contributed by atoms with Crippen LogP contribution >= 0.6 is 0 Å². The predicted octanol–water partition coefficient (Wildman–Crippen LogP) is 1.62. The van der Waals surface area contributed by atoms with Gasteiger partial charge in [0.1, 0.15) is 0 Å². The van der Waals surface area contributed by atoms with Crippen LogP contribution in [0.25, 0.3) is 0 Å². The minimum absolute atomic E-state index is 0.151. The van der Waals surface area contributed by atoms with Gasteiger partial charge in [0.05, 0.1) is 0 Å². The van der Waals surface area contributed by atoms with Crippen molar-refractivity contribution in [3.63, 3.8) is 0 Å². The zero-order valence-electron chi connectivity index (χ0n) is 6.25. The summed E-state index contributed by atoms with van der Waals surface area (Å²) >= 11 is 0. The molecule has 0 heterocycles. The van der Waals surface area contributed by atoms with Gasteiger partial charge >= 0.3 is 12.4 Å². The molecule has 0 radical (unpaired) electrons. The molecule has 0 rings (SSSR count). The number of nitrogens with one attached hydrogen (secondary N) is 1. The van der Waals surface area contributed by atoms with E-state index < -0.39 is 24.3 Å². The number of hydrogen-bond donors (Lipinski definition) is 1. The molecular weight excluding hydrogens is 204 g/mol. The molecule has 0 aliphatic heterocycles. The number of amides is 1. The lowest BCUT2D eigenvalue weighted by atomic mass is 10.0. The lowest BCUT2D eigenvalue weighted by Gasteiger charge is -2.32. The summed E-state index contributed by atoms with van der Waals surface area (Å²) in [5.74, 6) is 0. The van der Waals surface area contributed by atoms with Crippen molar-refractivity contribution in [2.24, 2.45) is 0 Å². The van der Waals surface area contributed by atoms with Gasteiger partial charge in [0, 0.05) is 0 Å². The molecule has 0 aromatic rings. The topological polar surface area (TPSA) is 29.1 Å². The second-order valence-electron chi connectivity index (χ2n) is 2.38. The Bertz CT molecular complexity index is 180. The summed E-state index contributed by atoms with van der Waals surface area (Å²) in [6, 6.07) is 0. The summed E-state index contributed by atoms with van der Waals surface area (Å²) in [7, 11) is 0. The molecule has 0 aliphatic carbocycles. The first kappa shape index (κ1) is 12.0. The smallest absolute Gasteiger partial charge is 0.337 e. The molecule has 0 fully saturated rings. The fraction of sp³-hybridized carbons (Fsp3) is 0.800. The monoisotopic (exact) mass is 209 g/mol. The van der Waals surface area contributed by atoms with Crippen LogP contribution in [0.2, 0.25) is 0 Å². The Morgan fingerprint density at radius 3 is 1.38 bits per heavy atom. The zero-order chi connectivity index (χ0) is 10.9. The maximum atomic E-state index is 11.8. The van der Waals surface area contributed by atoms with Gasteiger partial charge in [-0.15, -0.1) is 0 Å².